The minimum Gasteiger partial charge on any atom is -0.456 e. The number of hydrogen-bond acceptors (Lipinski definition) is 13. The summed E-state index contributed by atoms with van der Waals surface area (Å²) in [5, 5.41) is 65.3. The fourth-order valence-corrected chi connectivity index (χ4v) is 13.5. The van der Waals surface area contributed by atoms with Crippen LogP contribution in [0.1, 0.15) is 107 Å². The molecule has 19 atom stereocenters. The highest BCUT2D eigenvalue weighted by atomic mass is 16.8. The largest absolute Gasteiger partial charge is 0.456 e. The fraction of sp³-hybridized carbons (Fsp3) is 0.927. The van der Waals surface area contributed by atoms with E-state index in [-0.39, 0.29) is 53.6 Å². The molecular formula is C41H64O13. The van der Waals surface area contributed by atoms with Gasteiger partial charge in [0.25, 0.3) is 0 Å². The highest BCUT2D eigenvalue weighted by Crippen LogP contribution is 2.76. The zero-order valence-electron chi connectivity index (χ0n) is 33.1. The maximum Gasteiger partial charge on any atom is 0.316 e. The van der Waals surface area contributed by atoms with Crippen molar-refractivity contribution in [1.29, 1.82) is 0 Å². The Morgan fingerprint density at radius 1 is 0.759 bits per heavy atom. The molecule has 8 rings (SSSR count). The monoisotopic (exact) mass is 764 g/mol. The normalized spacial score (nSPS) is 56.3. The third kappa shape index (κ3) is 5.32. The number of fused-ring (bicyclic) bond motifs is 4. The van der Waals surface area contributed by atoms with Crippen LogP contribution in [0.3, 0.4) is 0 Å². The number of hydrogen-bond donors (Lipinski definition) is 6. The van der Waals surface area contributed by atoms with E-state index in [4.69, 9.17) is 28.4 Å². The topological polar surface area (TPSA) is 194 Å². The first-order chi connectivity index (χ1) is 25.1. The average molecular weight is 765 g/mol. The minimum absolute atomic E-state index is 0.102. The van der Waals surface area contributed by atoms with Gasteiger partial charge in [-0.1, -0.05) is 39.3 Å². The summed E-state index contributed by atoms with van der Waals surface area (Å²) in [6.45, 7) is 16.5. The predicted octanol–water partition coefficient (Wildman–Crippen LogP) is 2.49. The number of ether oxygens (including phenoxy) is 6. The van der Waals surface area contributed by atoms with Gasteiger partial charge in [-0.2, -0.15) is 0 Å². The highest BCUT2D eigenvalue weighted by molar-refractivity contribution is 5.84. The molecule has 8 aliphatic rings. The molecule has 6 N–H and O–H groups in total. The molecule has 54 heavy (non-hydrogen) atoms. The summed E-state index contributed by atoms with van der Waals surface area (Å²) in [4.78, 5) is 14.4. The van der Waals surface area contributed by atoms with Crippen molar-refractivity contribution >= 4 is 5.97 Å². The van der Waals surface area contributed by atoms with E-state index in [0.717, 1.165) is 44.9 Å². The number of aliphatic hydroxyl groups excluding tert-OH is 6. The van der Waals surface area contributed by atoms with Gasteiger partial charge in [0, 0.05) is 5.92 Å². The molecular weight excluding hydrogens is 700 g/mol. The predicted molar refractivity (Wildman–Crippen MR) is 191 cm³/mol. The summed E-state index contributed by atoms with van der Waals surface area (Å²) in [5.74, 6) is -0.191. The number of allylic oxidation sites excluding steroid dienone is 1. The third-order valence-electron chi connectivity index (χ3n) is 16.5. The van der Waals surface area contributed by atoms with Gasteiger partial charge in [0.2, 0.25) is 0 Å². The maximum atomic E-state index is 14.4. The van der Waals surface area contributed by atoms with E-state index in [9.17, 15) is 35.4 Å². The van der Waals surface area contributed by atoms with Crippen molar-refractivity contribution in [1.82, 2.24) is 0 Å². The summed E-state index contributed by atoms with van der Waals surface area (Å²) in [5.41, 5.74) is -2.08. The number of aliphatic hydroxyl groups is 6. The van der Waals surface area contributed by atoms with Crippen LogP contribution in [0.25, 0.3) is 0 Å². The second-order valence-corrected chi connectivity index (χ2v) is 20.0. The maximum absolute atomic E-state index is 14.4. The standard InChI is InChI=1S/C41H64O13/c1-19-28(44)30(46)31(47)33(50-19)52-32-29(45)22(42)18-49-34(32)51-26-13-15-38(6)21-17-25(43)41-24(40(8,54-35(41)48)27-12-14-36(2,3)53-27)11-16-39(41,7)20(21)9-10-23(38)37(26,4)5/h17,19-20,22-34,42-47H,9-16,18H2,1-8H3/t19-,20+,22-,23-,24-,25+,26+,27-,28-,29+,30+,31-,32-,33+,34+,38-,39+,40-,41-/m1/s1. The van der Waals surface area contributed by atoms with Crippen LogP contribution in [0.4, 0.5) is 0 Å². The van der Waals surface area contributed by atoms with Gasteiger partial charge in [-0.3, -0.25) is 4.79 Å². The van der Waals surface area contributed by atoms with E-state index in [1.54, 1.807) is 0 Å². The lowest BCUT2D eigenvalue weighted by molar-refractivity contribution is -0.363. The molecule has 0 unspecified atom stereocenters. The molecule has 4 aliphatic heterocycles. The van der Waals surface area contributed by atoms with Gasteiger partial charge >= 0.3 is 5.97 Å². The van der Waals surface area contributed by atoms with Crippen molar-refractivity contribution in [2.75, 3.05) is 6.61 Å². The molecule has 4 saturated heterocycles. The van der Waals surface area contributed by atoms with E-state index in [2.05, 4.69) is 41.5 Å². The lowest BCUT2D eigenvalue weighted by Gasteiger charge is -2.64. The van der Waals surface area contributed by atoms with Crippen molar-refractivity contribution in [3.8, 4) is 0 Å². The molecule has 4 heterocycles. The Bertz CT molecular complexity index is 1520. The molecule has 13 heteroatoms. The van der Waals surface area contributed by atoms with E-state index in [0.29, 0.717) is 6.42 Å². The van der Waals surface area contributed by atoms with E-state index in [1.807, 2.05) is 13.0 Å². The number of cyclic esters (lactones) is 1. The van der Waals surface area contributed by atoms with Gasteiger partial charge in [0.1, 0.15) is 47.6 Å². The van der Waals surface area contributed by atoms with Crippen molar-refractivity contribution in [2.45, 2.75) is 192 Å². The molecule has 0 aromatic carbocycles. The van der Waals surface area contributed by atoms with Crippen LogP contribution >= 0.6 is 0 Å². The second-order valence-electron chi connectivity index (χ2n) is 20.0. The Morgan fingerprint density at radius 3 is 2.17 bits per heavy atom. The summed E-state index contributed by atoms with van der Waals surface area (Å²) in [7, 11) is 0. The molecule has 13 nitrogen and oxygen atoms in total. The summed E-state index contributed by atoms with van der Waals surface area (Å²) in [6.07, 6.45) is -4.86. The van der Waals surface area contributed by atoms with Crippen molar-refractivity contribution in [3.63, 3.8) is 0 Å². The number of carbonyl (C=O) groups is 1. The Hall–Kier alpha value is -1.23. The quantitative estimate of drug-likeness (QED) is 0.136. The van der Waals surface area contributed by atoms with Crippen LogP contribution in [0.2, 0.25) is 0 Å². The number of rotatable bonds is 5. The molecule has 0 bridgehead atoms. The Kier molecular flexibility index (Phi) is 9.45. The van der Waals surface area contributed by atoms with E-state index in [1.165, 1.54) is 12.5 Å². The molecule has 3 saturated carbocycles. The lowest BCUT2D eigenvalue weighted by Crippen LogP contribution is -2.64. The minimum atomic E-state index is -1.61. The first-order valence-electron chi connectivity index (χ1n) is 20.4. The lowest BCUT2D eigenvalue weighted by atomic mass is 9.40. The van der Waals surface area contributed by atoms with Crippen molar-refractivity contribution in [2.24, 2.45) is 39.4 Å². The second kappa shape index (κ2) is 12.9. The fourth-order valence-electron chi connectivity index (χ4n) is 13.5. The Morgan fingerprint density at radius 2 is 1.48 bits per heavy atom. The SMILES string of the molecule is C[C@H]1O[C@@H](O[C@H]2[C@H](O[C@H]3CC[C@]4(C)C5=C[C@H](O)[C@@]67C(=O)O[C@@](C)([C@H]8CCC(C)(C)O8)[C@H]6CC[C@@]7(C)[C@H]5CC[C@@H]4C3(C)C)OC[C@@H](O)[C@@H]2O)[C@H](O)[C@@H](O)[C@@H]1O. The van der Waals surface area contributed by atoms with Crippen LogP contribution in [-0.4, -0.2) is 128 Å². The van der Waals surface area contributed by atoms with Gasteiger partial charge in [0.05, 0.1) is 36.6 Å². The van der Waals surface area contributed by atoms with Crippen molar-refractivity contribution < 1.29 is 63.9 Å². The zero-order chi connectivity index (χ0) is 39.1. The average Bonchev–Trinajstić information content (AvgIpc) is 3.72. The smallest absolute Gasteiger partial charge is 0.316 e. The van der Waals surface area contributed by atoms with Gasteiger partial charge in [-0.05, 0) is 107 Å². The van der Waals surface area contributed by atoms with Gasteiger partial charge in [0.15, 0.2) is 12.6 Å². The van der Waals surface area contributed by atoms with Gasteiger partial charge < -0.3 is 59.1 Å². The Labute approximate surface area is 318 Å². The van der Waals surface area contributed by atoms with Gasteiger partial charge in [-0.15, -0.1) is 0 Å². The van der Waals surface area contributed by atoms with E-state index < -0.39 is 83.3 Å². The van der Waals surface area contributed by atoms with Crippen LogP contribution in [0.5, 0.6) is 0 Å². The van der Waals surface area contributed by atoms with Crippen LogP contribution in [-0.2, 0) is 33.2 Å². The first-order valence-corrected chi connectivity index (χ1v) is 20.4. The molecule has 0 amide bonds. The molecule has 306 valence electrons. The molecule has 0 aromatic rings. The molecule has 0 aromatic heterocycles. The molecule has 0 radical (unpaired) electrons. The number of esters is 1. The Balaban J connectivity index is 1.05. The number of carbonyl (C=O) groups excluding carboxylic acids is 1. The van der Waals surface area contributed by atoms with Crippen LogP contribution in [0, 0.1) is 39.4 Å². The third-order valence-corrected chi connectivity index (χ3v) is 16.5. The molecule has 7 fully saturated rings. The van der Waals surface area contributed by atoms with E-state index >= 15 is 0 Å². The first kappa shape index (κ1) is 39.6. The molecule has 4 aliphatic carbocycles. The van der Waals surface area contributed by atoms with Crippen molar-refractivity contribution in [3.05, 3.63) is 11.6 Å². The highest BCUT2D eigenvalue weighted by Gasteiger charge is 2.80. The van der Waals surface area contributed by atoms with Crippen LogP contribution < -0.4 is 0 Å². The molecule has 1 spiro atoms. The van der Waals surface area contributed by atoms with Gasteiger partial charge in [-0.25, -0.2) is 0 Å². The zero-order valence-corrected chi connectivity index (χ0v) is 33.1. The summed E-state index contributed by atoms with van der Waals surface area (Å²) >= 11 is 0. The summed E-state index contributed by atoms with van der Waals surface area (Å²) in [6, 6.07) is 0. The van der Waals surface area contributed by atoms with Crippen LogP contribution in [0.15, 0.2) is 11.6 Å². The summed E-state index contributed by atoms with van der Waals surface area (Å²) < 4.78 is 37.3.